The van der Waals surface area contributed by atoms with Gasteiger partial charge in [-0.25, -0.2) is 15.0 Å². The molecule has 0 radical (unpaired) electrons. The van der Waals surface area contributed by atoms with Crippen molar-refractivity contribution in [3.63, 3.8) is 0 Å². The summed E-state index contributed by atoms with van der Waals surface area (Å²) in [6, 6.07) is 1.47. The first-order chi connectivity index (χ1) is 16.0. The first kappa shape index (κ1) is 30.0. The highest BCUT2D eigenvalue weighted by Gasteiger charge is 2.41. The van der Waals surface area contributed by atoms with Crippen LogP contribution in [0.5, 0.6) is 0 Å². The van der Waals surface area contributed by atoms with Crippen molar-refractivity contribution >= 4 is 23.6 Å². The molecule has 0 aromatic carbocycles. The maximum Gasteiger partial charge on any atom is 0.500 e. The summed E-state index contributed by atoms with van der Waals surface area (Å²) in [5.74, 6) is 0.651. The highest BCUT2D eigenvalue weighted by molar-refractivity contribution is 6.61. The lowest BCUT2D eigenvalue weighted by atomic mass is 10.3. The fourth-order valence-corrected chi connectivity index (χ4v) is 8.87. The van der Waals surface area contributed by atoms with Crippen LogP contribution in [-0.4, -0.2) is 85.3 Å². The molecule has 0 aliphatic carbocycles. The quantitative estimate of drug-likeness (QED) is 0.231. The Labute approximate surface area is 202 Å². The molecule has 0 aliphatic heterocycles. The van der Waals surface area contributed by atoms with Crippen molar-refractivity contribution < 1.29 is 26.6 Å². The van der Waals surface area contributed by atoms with E-state index in [9.17, 15) is 0 Å². The topological polar surface area (TPSA) is 97.3 Å². The van der Waals surface area contributed by atoms with Gasteiger partial charge >= 0.3 is 17.6 Å². The predicted octanol–water partition coefficient (Wildman–Crippen LogP) is 3.56. The third-order valence-electron chi connectivity index (χ3n) is 4.77. The molecular formula is C21H44N4O6Si2. The summed E-state index contributed by atoms with van der Waals surface area (Å²) in [4.78, 5) is 14.9. The normalized spacial score (nSPS) is 12.3. The van der Waals surface area contributed by atoms with Crippen LogP contribution in [0.4, 0.5) is 5.95 Å². The van der Waals surface area contributed by atoms with Crippen LogP contribution in [0.15, 0.2) is 12.7 Å². The molecular weight excluding hydrogens is 460 g/mol. The summed E-state index contributed by atoms with van der Waals surface area (Å²) in [5, 5.41) is 0. The molecule has 0 saturated carbocycles. The molecule has 0 unspecified atom stereocenters. The van der Waals surface area contributed by atoms with Gasteiger partial charge in [-0.05, 0) is 54.4 Å². The highest BCUT2D eigenvalue weighted by Crippen LogP contribution is 2.22. The van der Waals surface area contributed by atoms with E-state index in [4.69, 9.17) is 26.6 Å². The zero-order chi connectivity index (χ0) is 24.4. The lowest BCUT2D eigenvalue weighted by Crippen LogP contribution is -2.47. The van der Waals surface area contributed by atoms with Gasteiger partial charge in [-0.2, -0.15) is 0 Å². The first-order valence-corrected chi connectivity index (χ1v) is 16.1. The fraction of sp³-hybridized carbons (Fsp3) is 0.857. The zero-order valence-corrected chi connectivity index (χ0v) is 23.4. The van der Waals surface area contributed by atoms with Crippen molar-refractivity contribution in [3.05, 3.63) is 12.7 Å². The van der Waals surface area contributed by atoms with Gasteiger partial charge in [-0.15, -0.1) is 0 Å². The molecule has 1 heterocycles. The summed E-state index contributed by atoms with van der Waals surface area (Å²) in [6.07, 6.45) is 4.72. The van der Waals surface area contributed by atoms with Gasteiger partial charge in [0.1, 0.15) is 12.7 Å². The molecule has 10 nitrogen and oxygen atoms in total. The molecule has 1 aromatic heterocycles. The van der Waals surface area contributed by atoms with Crippen molar-refractivity contribution in [1.82, 2.24) is 15.0 Å². The van der Waals surface area contributed by atoms with E-state index >= 15 is 0 Å². The van der Waals surface area contributed by atoms with Gasteiger partial charge in [0, 0.05) is 64.8 Å². The molecule has 1 aromatic rings. The number of hydrogen-bond acceptors (Lipinski definition) is 10. The van der Waals surface area contributed by atoms with Gasteiger partial charge in [-0.3, -0.25) is 0 Å². The monoisotopic (exact) mass is 504 g/mol. The minimum Gasteiger partial charge on any atom is -0.374 e. The second kappa shape index (κ2) is 17.4. The molecule has 1 rings (SSSR count). The van der Waals surface area contributed by atoms with E-state index in [1.807, 2.05) is 41.5 Å². The highest BCUT2D eigenvalue weighted by atomic mass is 28.4. The Morgan fingerprint density at radius 3 is 1.24 bits per heavy atom. The maximum absolute atomic E-state index is 6.00. The van der Waals surface area contributed by atoms with Crippen LogP contribution in [0.2, 0.25) is 12.1 Å². The van der Waals surface area contributed by atoms with E-state index in [-0.39, 0.29) is 0 Å². The molecule has 33 heavy (non-hydrogen) atoms. The zero-order valence-electron chi connectivity index (χ0n) is 21.4. The third-order valence-corrected chi connectivity index (χ3v) is 11.1. The molecule has 0 saturated heterocycles. The van der Waals surface area contributed by atoms with Crippen LogP contribution in [0, 0.1) is 0 Å². The fourth-order valence-electron chi connectivity index (χ4n) is 3.68. The molecule has 0 spiro atoms. The number of nitrogens with zero attached hydrogens (tertiary/aromatic N) is 4. The van der Waals surface area contributed by atoms with E-state index < -0.39 is 17.6 Å². The Balaban J connectivity index is 2.84. The molecule has 0 aliphatic rings. The number of rotatable bonds is 21. The first-order valence-electron chi connectivity index (χ1n) is 12.2. The molecule has 192 valence electrons. The van der Waals surface area contributed by atoms with Crippen LogP contribution in [0.3, 0.4) is 0 Å². The van der Waals surface area contributed by atoms with Gasteiger partial charge in [0.2, 0.25) is 5.95 Å². The largest absolute Gasteiger partial charge is 0.500 e. The van der Waals surface area contributed by atoms with E-state index in [1.165, 1.54) is 12.7 Å². The van der Waals surface area contributed by atoms with Gasteiger partial charge < -0.3 is 31.5 Å². The number of hydrogen-bond donors (Lipinski definition) is 0. The van der Waals surface area contributed by atoms with E-state index in [0.29, 0.717) is 45.6 Å². The van der Waals surface area contributed by atoms with Crippen LogP contribution < -0.4 is 4.90 Å². The Hall–Kier alpha value is -0.996. The molecule has 12 heteroatoms. The molecule has 0 atom stereocenters. The van der Waals surface area contributed by atoms with Gasteiger partial charge in [0.15, 0.2) is 0 Å². The molecule has 0 N–H and O–H groups in total. The van der Waals surface area contributed by atoms with E-state index in [0.717, 1.165) is 38.0 Å². The average Bonchev–Trinajstić information content (AvgIpc) is 2.80. The summed E-state index contributed by atoms with van der Waals surface area (Å²) in [6.45, 7) is 16.8. The van der Waals surface area contributed by atoms with Gasteiger partial charge in [-0.1, -0.05) is 0 Å². The Morgan fingerprint density at radius 2 is 0.939 bits per heavy atom. The summed E-state index contributed by atoms with van der Waals surface area (Å²) < 4.78 is 36.0. The van der Waals surface area contributed by atoms with Crippen LogP contribution in [0.25, 0.3) is 0 Å². The van der Waals surface area contributed by atoms with Gasteiger partial charge in [0.05, 0.1) is 0 Å². The minimum atomic E-state index is -2.69. The molecule has 0 amide bonds. The lowest BCUT2D eigenvalue weighted by Gasteiger charge is -2.31. The second-order valence-electron chi connectivity index (χ2n) is 7.10. The standard InChI is InChI=1S/C21H44N4O6Si2/c1-7-26-32(27-8-2,28-9-3)17-13-15-25(21-23-19-22-20-24-21)16-14-18-33(29-10-4,30-11-5)31-12-6/h19-20H,7-18H2,1-6H3. The van der Waals surface area contributed by atoms with Crippen molar-refractivity contribution in [2.24, 2.45) is 0 Å². The van der Waals surface area contributed by atoms with Crippen LogP contribution in [-0.2, 0) is 26.6 Å². The van der Waals surface area contributed by atoms with Crippen molar-refractivity contribution in [2.45, 2.75) is 66.5 Å². The van der Waals surface area contributed by atoms with Crippen molar-refractivity contribution in [2.75, 3.05) is 57.6 Å². The predicted molar refractivity (Wildman–Crippen MR) is 132 cm³/mol. The Bertz CT molecular complexity index is 539. The van der Waals surface area contributed by atoms with Crippen LogP contribution >= 0.6 is 0 Å². The SMILES string of the molecule is CCO[Si](CCCN(CCC[Si](OCC)(OCC)OCC)c1ncncn1)(OCC)OCC. The summed E-state index contributed by atoms with van der Waals surface area (Å²) in [7, 11) is -5.38. The second-order valence-corrected chi connectivity index (χ2v) is 12.6. The maximum atomic E-state index is 6.00. The molecule has 0 fully saturated rings. The average molecular weight is 505 g/mol. The Kier molecular flexibility index (Phi) is 15.9. The van der Waals surface area contributed by atoms with E-state index in [1.54, 1.807) is 0 Å². The molecule has 0 bridgehead atoms. The van der Waals surface area contributed by atoms with Crippen molar-refractivity contribution in [1.29, 1.82) is 0 Å². The summed E-state index contributed by atoms with van der Waals surface area (Å²) >= 11 is 0. The summed E-state index contributed by atoms with van der Waals surface area (Å²) in [5.41, 5.74) is 0. The number of aromatic nitrogens is 3. The Morgan fingerprint density at radius 1 is 0.606 bits per heavy atom. The smallest absolute Gasteiger partial charge is 0.374 e. The van der Waals surface area contributed by atoms with Crippen molar-refractivity contribution in [3.8, 4) is 0 Å². The van der Waals surface area contributed by atoms with Gasteiger partial charge in [0.25, 0.3) is 0 Å². The third kappa shape index (κ3) is 10.9. The lowest BCUT2D eigenvalue weighted by molar-refractivity contribution is 0.0705. The minimum absolute atomic E-state index is 0.572. The number of anilines is 1. The van der Waals surface area contributed by atoms with Crippen LogP contribution in [0.1, 0.15) is 54.4 Å². The van der Waals surface area contributed by atoms with E-state index in [2.05, 4.69) is 19.9 Å².